The van der Waals surface area contributed by atoms with Crippen molar-refractivity contribution in [3.8, 4) is 5.75 Å². The molecular formula is C14H20N2O3. The quantitative estimate of drug-likeness (QED) is 0.657. The highest BCUT2D eigenvalue weighted by Crippen LogP contribution is 2.17. The molecule has 1 N–H and O–H groups in total. The van der Waals surface area contributed by atoms with Gasteiger partial charge in [-0.3, -0.25) is 4.79 Å². The molecule has 0 aliphatic rings. The minimum Gasteiger partial charge on any atom is -0.427 e. The number of urea groups is 1. The van der Waals surface area contributed by atoms with Crippen LogP contribution in [0.15, 0.2) is 24.3 Å². The van der Waals surface area contributed by atoms with Crippen molar-refractivity contribution in [3.63, 3.8) is 0 Å². The number of amides is 2. The van der Waals surface area contributed by atoms with E-state index < -0.39 is 0 Å². The predicted octanol–water partition coefficient (Wildman–Crippen LogP) is 2.88. The van der Waals surface area contributed by atoms with E-state index in [1.165, 1.54) is 6.92 Å². The minimum atomic E-state index is -0.386. The van der Waals surface area contributed by atoms with E-state index in [0.717, 1.165) is 12.8 Å². The summed E-state index contributed by atoms with van der Waals surface area (Å²) in [6.07, 6.45) is 2.01. The topological polar surface area (TPSA) is 58.6 Å². The van der Waals surface area contributed by atoms with Crippen LogP contribution in [0, 0.1) is 0 Å². The Morgan fingerprint density at radius 2 is 2.11 bits per heavy atom. The Bertz CT molecular complexity index is 446. The number of benzene rings is 1. The number of carbonyl (C=O) groups is 2. The van der Waals surface area contributed by atoms with Crippen LogP contribution in [-0.2, 0) is 4.79 Å². The zero-order valence-corrected chi connectivity index (χ0v) is 11.6. The van der Waals surface area contributed by atoms with Crippen molar-refractivity contribution in [2.24, 2.45) is 0 Å². The number of nitrogens with one attached hydrogen (secondary N) is 1. The van der Waals surface area contributed by atoms with Crippen LogP contribution in [-0.4, -0.2) is 30.5 Å². The fraction of sp³-hybridized carbons (Fsp3) is 0.429. The molecule has 0 radical (unpaired) electrons. The van der Waals surface area contributed by atoms with Gasteiger partial charge in [0.15, 0.2) is 0 Å². The van der Waals surface area contributed by atoms with E-state index in [0.29, 0.717) is 18.0 Å². The van der Waals surface area contributed by atoms with Gasteiger partial charge in [0, 0.05) is 32.3 Å². The summed E-state index contributed by atoms with van der Waals surface area (Å²) in [5.74, 6) is 0.0325. The van der Waals surface area contributed by atoms with Crippen molar-refractivity contribution in [3.05, 3.63) is 24.3 Å². The molecule has 5 nitrogen and oxygen atoms in total. The van der Waals surface area contributed by atoms with Gasteiger partial charge >= 0.3 is 12.0 Å². The van der Waals surface area contributed by atoms with E-state index in [1.807, 2.05) is 0 Å². The lowest BCUT2D eigenvalue weighted by atomic mass is 10.3. The molecule has 0 saturated heterocycles. The molecule has 0 atom stereocenters. The maximum absolute atomic E-state index is 11.9. The number of hydrogen-bond donors (Lipinski definition) is 1. The van der Waals surface area contributed by atoms with Gasteiger partial charge in [-0.05, 0) is 18.6 Å². The summed E-state index contributed by atoms with van der Waals surface area (Å²) >= 11 is 0. The smallest absolute Gasteiger partial charge is 0.321 e. The van der Waals surface area contributed by atoms with Crippen LogP contribution >= 0.6 is 0 Å². The van der Waals surface area contributed by atoms with E-state index in [4.69, 9.17) is 4.74 Å². The lowest BCUT2D eigenvalue weighted by Crippen LogP contribution is -2.32. The second-order valence-corrected chi connectivity index (χ2v) is 4.33. The summed E-state index contributed by atoms with van der Waals surface area (Å²) in [6.45, 7) is 4.13. The Hall–Kier alpha value is -2.04. The van der Waals surface area contributed by atoms with Crippen LogP contribution in [0.1, 0.15) is 26.7 Å². The molecule has 0 bridgehead atoms. The first-order chi connectivity index (χ1) is 9.02. The van der Waals surface area contributed by atoms with Gasteiger partial charge in [0.05, 0.1) is 0 Å². The van der Waals surface area contributed by atoms with Gasteiger partial charge in [0.25, 0.3) is 0 Å². The molecule has 1 rings (SSSR count). The molecule has 0 saturated carbocycles. The Labute approximate surface area is 113 Å². The summed E-state index contributed by atoms with van der Waals surface area (Å²) in [4.78, 5) is 24.3. The number of esters is 1. The maximum Gasteiger partial charge on any atom is 0.321 e. The lowest BCUT2D eigenvalue weighted by molar-refractivity contribution is -0.131. The molecular weight excluding hydrogens is 244 g/mol. The maximum atomic E-state index is 11.9. The van der Waals surface area contributed by atoms with Crippen LogP contribution in [0.4, 0.5) is 10.5 Å². The summed E-state index contributed by atoms with van der Waals surface area (Å²) in [5.41, 5.74) is 0.604. The number of carbonyl (C=O) groups excluding carboxylic acids is 2. The van der Waals surface area contributed by atoms with Crippen LogP contribution in [0.3, 0.4) is 0 Å². The first-order valence-electron chi connectivity index (χ1n) is 6.33. The van der Waals surface area contributed by atoms with Gasteiger partial charge in [0.2, 0.25) is 0 Å². The van der Waals surface area contributed by atoms with Gasteiger partial charge in [-0.1, -0.05) is 19.4 Å². The van der Waals surface area contributed by atoms with Gasteiger partial charge in [-0.2, -0.15) is 0 Å². The molecule has 0 aliphatic heterocycles. The van der Waals surface area contributed by atoms with Crippen LogP contribution < -0.4 is 10.1 Å². The molecule has 0 aliphatic carbocycles. The standard InChI is InChI=1S/C14H20N2O3/c1-4-5-9-16(3)14(18)15-12-7-6-8-13(10-12)19-11(2)17/h6-8,10H,4-5,9H2,1-3H3,(H,15,18). The van der Waals surface area contributed by atoms with Crippen molar-refractivity contribution in [1.82, 2.24) is 4.90 Å². The highest BCUT2D eigenvalue weighted by atomic mass is 16.5. The number of hydrogen-bond acceptors (Lipinski definition) is 3. The van der Waals surface area contributed by atoms with E-state index in [-0.39, 0.29) is 12.0 Å². The normalized spacial score (nSPS) is 9.84. The third-order valence-electron chi connectivity index (χ3n) is 2.54. The van der Waals surface area contributed by atoms with E-state index in [9.17, 15) is 9.59 Å². The summed E-state index contributed by atoms with van der Waals surface area (Å²) in [5, 5.41) is 2.76. The van der Waals surface area contributed by atoms with Gasteiger partial charge in [-0.15, -0.1) is 0 Å². The Kier molecular flexibility index (Phi) is 5.85. The summed E-state index contributed by atoms with van der Waals surface area (Å²) in [7, 11) is 1.75. The number of unbranched alkanes of at least 4 members (excludes halogenated alkanes) is 1. The molecule has 2 amide bonds. The van der Waals surface area contributed by atoms with Gasteiger partial charge in [0.1, 0.15) is 5.75 Å². The predicted molar refractivity (Wildman–Crippen MR) is 74.3 cm³/mol. The van der Waals surface area contributed by atoms with Crippen molar-refractivity contribution in [2.45, 2.75) is 26.7 Å². The Balaban J connectivity index is 2.61. The third-order valence-corrected chi connectivity index (χ3v) is 2.54. The largest absolute Gasteiger partial charge is 0.427 e. The van der Waals surface area contributed by atoms with Crippen molar-refractivity contribution >= 4 is 17.7 Å². The van der Waals surface area contributed by atoms with Crippen molar-refractivity contribution in [2.75, 3.05) is 18.9 Å². The first kappa shape index (κ1) is 15.0. The lowest BCUT2D eigenvalue weighted by Gasteiger charge is -2.17. The zero-order valence-electron chi connectivity index (χ0n) is 11.6. The molecule has 0 aromatic heterocycles. The molecule has 0 unspecified atom stereocenters. The number of nitrogens with zero attached hydrogens (tertiary/aromatic N) is 1. The molecule has 0 fully saturated rings. The molecule has 1 aromatic rings. The van der Waals surface area contributed by atoms with Crippen LogP contribution in [0.25, 0.3) is 0 Å². The van der Waals surface area contributed by atoms with Gasteiger partial charge in [-0.25, -0.2) is 4.79 Å². The van der Waals surface area contributed by atoms with Gasteiger partial charge < -0.3 is 15.0 Å². The fourth-order valence-corrected chi connectivity index (χ4v) is 1.52. The molecule has 1 aromatic carbocycles. The third kappa shape index (κ3) is 5.42. The second-order valence-electron chi connectivity index (χ2n) is 4.33. The highest BCUT2D eigenvalue weighted by Gasteiger charge is 2.08. The Morgan fingerprint density at radius 3 is 2.74 bits per heavy atom. The number of rotatable bonds is 5. The van der Waals surface area contributed by atoms with Crippen molar-refractivity contribution in [1.29, 1.82) is 0 Å². The SMILES string of the molecule is CCCCN(C)C(=O)Nc1cccc(OC(C)=O)c1. The molecule has 0 heterocycles. The van der Waals surface area contributed by atoms with Crippen LogP contribution in [0.5, 0.6) is 5.75 Å². The summed E-state index contributed by atoms with van der Waals surface area (Å²) in [6, 6.07) is 6.58. The highest BCUT2D eigenvalue weighted by molar-refractivity contribution is 5.89. The summed E-state index contributed by atoms with van der Waals surface area (Å²) < 4.78 is 4.96. The molecule has 0 spiro atoms. The van der Waals surface area contributed by atoms with E-state index in [2.05, 4.69) is 12.2 Å². The van der Waals surface area contributed by atoms with Crippen molar-refractivity contribution < 1.29 is 14.3 Å². The number of ether oxygens (including phenoxy) is 1. The fourth-order valence-electron chi connectivity index (χ4n) is 1.52. The molecule has 104 valence electrons. The van der Waals surface area contributed by atoms with E-state index >= 15 is 0 Å². The average molecular weight is 264 g/mol. The average Bonchev–Trinajstić information content (AvgIpc) is 2.35. The Morgan fingerprint density at radius 1 is 1.37 bits per heavy atom. The monoisotopic (exact) mass is 264 g/mol. The minimum absolute atomic E-state index is 0.173. The van der Waals surface area contributed by atoms with E-state index in [1.54, 1.807) is 36.2 Å². The zero-order chi connectivity index (χ0) is 14.3. The first-order valence-corrected chi connectivity index (χ1v) is 6.33. The number of anilines is 1. The molecule has 19 heavy (non-hydrogen) atoms. The second kappa shape index (κ2) is 7.41. The van der Waals surface area contributed by atoms with Crippen LogP contribution in [0.2, 0.25) is 0 Å². The molecule has 5 heteroatoms.